The van der Waals surface area contributed by atoms with E-state index in [4.69, 9.17) is 0 Å². The first-order chi connectivity index (χ1) is 7.68. The van der Waals surface area contributed by atoms with Gasteiger partial charge in [0.05, 0.1) is 5.92 Å². The molecule has 0 unspecified atom stereocenters. The summed E-state index contributed by atoms with van der Waals surface area (Å²) in [7, 11) is 0. The van der Waals surface area contributed by atoms with Crippen molar-refractivity contribution >= 4 is 11.6 Å². The summed E-state index contributed by atoms with van der Waals surface area (Å²) in [5.74, 6) is 0.0305. The van der Waals surface area contributed by atoms with Gasteiger partial charge in [-0.3, -0.25) is 14.6 Å². The summed E-state index contributed by atoms with van der Waals surface area (Å²) in [5, 5.41) is 0. The third kappa shape index (κ3) is 2.18. The molecule has 0 aromatic carbocycles. The molecule has 0 amide bonds. The number of ketones is 2. The molecule has 84 valence electrons. The molecule has 1 aliphatic carbocycles. The Bertz CT molecular complexity index is 400. The summed E-state index contributed by atoms with van der Waals surface area (Å²) in [6.07, 6.45) is 5.60. The molecular formula is C13H15NO2. The fourth-order valence-corrected chi connectivity index (χ4v) is 2.37. The van der Waals surface area contributed by atoms with Gasteiger partial charge in [-0.25, -0.2) is 0 Å². The van der Waals surface area contributed by atoms with Crippen molar-refractivity contribution in [2.24, 2.45) is 5.92 Å². The molecule has 0 bridgehead atoms. The predicted molar refractivity (Wildman–Crippen MR) is 60.0 cm³/mol. The monoisotopic (exact) mass is 217 g/mol. The molecule has 1 aliphatic rings. The highest BCUT2D eigenvalue weighted by atomic mass is 16.1. The van der Waals surface area contributed by atoms with Gasteiger partial charge in [0, 0.05) is 18.8 Å². The molecule has 1 aromatic heterocycles. The average molecular weight is 217 g/mol. The van der Waals surface area contributed by atoms with Crippen molar-refractivity contribution in [2.75, 3.05) is 0 Å². The molecular weight excluding hydrogens is 202 g/mol. The van der Waals surface area contributed by atoms with Gasteiger partial charge in [0.1, 0.15) is 11.6 Å². The Hall–Kier alpha value is -1.51. The van der Waals surface area contributed by atoms with Gasteiger partial charge in [0.15, 0.2) is 0 Å². The van der Waals surface area contributed by atoms with Gasteiger partial charge in [-0.2, -0.15) is 0 Å². The number of pyridine rings is 1. The van der Waals surface area contributed by atoms with Crippen LogP contribution in [0.1, 0.15) is 37.7 Å². The Balaban J connectivity index is 2.08. The highest BCUT2D eigenvalue weighted by Crippen LogP contribution is 2.33. The predicted octanol–water partition coefficient (Wildman–Crippen LogP) is 2.12. The van der Waals surface area contributed by atoms with Gasteiger partial charge < -0.3 is 0 Å². The topological polar surface area (TPSA) is 47.0 Å². The zero-order valence-corrected chi connectivity index (χ0v) is 9.35. The third-order valence-electron chi connectivity index (χ3n) is 3.31. The fourth-order valence-electron chi connectivity index (χ4n) is 2.37. The molecule has 2 atom stereocenters. The van der Waals surface area contributed by atoms with Crippen LogP contribution in [0.5, 0.6) is 0 Å². The van der Waals surface area contributed by atoms with Crippen molar-refractivity contribution in [1.29, 1.82) is 0 Å². The lowest BCUT2D eigenvalue weighted by atomic mass is 9.77. The maximum atomic E-state index is 11.8. The number of hydrogen-bond acceptors (Lipinski definition) is 3. The van der Waals surface area contributed by atoms with Crippen LogP contribution in [0.3, 0.4) is 0 Å². The van der Waals surface area contributed by atoms with Crippen molar-refractivity contribution in [2.45, 2.75) is 32.1 Å². The van der Waals surface area contributed by atoms with Gasteiger partial charge in [0.25, 0.3) is 0 Å². The number of carbonyl (C=O) groups is 2. The van der Waals surface area contributed by atoms with Gasteiger partial charge in [-0.1, -0.05) is 0 Å². The third-order valence-corrected chi connectivity index (χ3v) is 3.31. The summed E-state index contributed by atoms with van der Waals surface area (Å²) in [6.45, 7) is 1.51. The molecule has 1 saturated carbocycles. The number of Topliss-reactive ketones (excluding diaryl/α,β-unsaturated/α-hetero) is 2. The van der Waals surface area contributed by atoms with Crippen molar-refractivity contribution in [3.8, 4) is 0 Å². The van der Waals surface area contributed by atoms with E-state index < -0.39 is 0 Å². The van der Waals surface area contributed by atoms with Crippen molar-refractivity contribution in [3.63, 3.8) is 0 Å². The number of nitrogens with zero attached hydrogens (tertiary/aromatic N) is 1. The zero-order valence-electron chi connectivity index (χ0n) is 9.35. The summed E-state index contributed by atoms with van der Waals surface area (Å²) in [5.41, 5.74) is 1.16. The van der Waals surface area contributed by atoms with Crippen molar-refractivity contribution < 1.29 is 9.59 Å². The molecule has 0 spiro atoms. The minimum absolute atomic E-state index is 0.0122. The minimum atomic E-state index is -0.349. The lowest BCUT2D eigenvalue weighted by molar-refractivity contribution is -0.133. The molecule has 1 heterocycles. The number of rotatable bonds is 2. The zero-order chi connectivity index (χ0) is 11.5. The van der Waals surface area contributed by atoms with Crippen LogP contribution >= 0.6 is 0 Å². The van der Waals surface area contributed by atoms with E-state index in [0.29, 0.717) is 12.8 Å². The first-order valence-corrected chi connectivity index (χ1v) is 5.61. The van der Waals surface area contributed by atoms with E-state index in [1.165, 1.54) is 6.92 Å². The SMILES string of the molecule is CC(=O)[C@H]1CC[C@@H](c2ccncc2)CC1=O. The highest BCUT2D eigenvalue weighted by molar-refractivity contribution is 6.02. The summed E-state index contributed by atoms with van der Waals surface area (Å²) in [6, 6.07) is 3.90. The van der Waals surface area contributed by atoms with Crippen LogP contribution in [-0.2, 0) is 9.59 Å². The van der Waals surface area contributed by atoms with Crippen LogP contribution in [0.4, 0.5) is 0 Å². The van der Waals surface area contributed by atoms with E-state index in [2.05, 4.69) is 4.98 Å². The van der Waals surface area contributed by atoms with E-state index in [1.807, 2.05) is 12.1 Å². The molecule has 0 saturated heterocycles. The first-order valence-electron chi connectivity index (χ1n) is 5.61. The van der Waals surface area contributed by atoms with Crippen LogP contribution in [0, 0.1) is 5.92 Å². The average Bonchev–Trinajstić information content (AvgIpc) is 2.29. The molecule has 1 fully saturated rings. The summed E-state index contributed by atoms with van der Waals surface area (Å²) in [4.78, 5) is 27.0. The molecule has 0 aliphatic heterocycles. The quantitative estimate of drug-likeness (QED) is 0.713. The van der Waals surface area contributed by atoms with Gasteiger partial charge in [0.2, 0.25) is 0 Å². The van der Waals surface area contributed by atoms with Gasteiger partial charge in [-0.15, -0.1) is 0 Å². The molecule has 3 heteroatoms. The van der Waals surface area contributed by atoms with Crippen molar-refractivity contribution in [1.82, 2.24) is 4.98 Å². The van der Waals surface area contributed by atoms with Crippen LogP contribution in [0.25, 0.3) is 0 Å². The van der Waals surface area contributed by atoms with E-state index in [9.17, 15) is 9.59 Å². The molecule has 1 aromatic rings. The Morgan fingerprint density at radius 2 is 2.00 bits per heavy atom. The minimum Gasteiger partial charge on any atom is -0.299 e. The lowest BCUT2D eigenvalue weighted by Crippen LogP contribution is -2.28. The van der Waals surface area contributed by atoms with E-state index >= 15 is 0 Å². The number of carbonyl (C=O) groups excluding carboxylic acids is 2. The fraction of sp³-hybridized carbons (Fsp3) is 0.462. The molecule has 2 rings (SSSR count). The van der Waals surface area contributed by atoms with Crippen molar-refractivity contribution in [3.05, 3.63) is 30.1 Å². The number of aromatic nitrogens is 1. The van der Waals surface area contributed by atoms with Crippen LogP contribution in [-0.4, -0.2) is 16.6 Å². The number of hydrogen-bond donors (Lipinski definition) is 0. The largest absolute Gasteiger partial charge is 0.299 e. The second-order valence-corrected chi connectivity index (χ2v) is 4.39. The smallest absolute Gasteiger partial charge is 0.143 e. The normalized spacial score (nSPS) is 25.4. The Morgan fingerprint density at radius 1 is 1.31 bits per heavy atom. The van der Waals surface area contributed by atoms with Crippen LogP contribution in [0.15, 0.2) is 24.5 Å². The molecule has 16 heavy (non-hydrogen) atoms. The van der Waals surface area contributed by atoms with E-state index in [1.54, 1.807) is 12.4 Å². The second kappa shape index (κ2) is 4.56. The summed E-state index contributed by atoms with van der Waals surface area (Å²) < 4.78 is 0. The van der Waals surface area contributed by atoms with E-state index in [0.717, 1.165) is 12.0 Å². The Kier molecular flexibility index (Phi) is 3.13. The standard InChI is InChI=1S/C13H15NO2/c1-9(15)12-3-2-11(8-13(12)16)10-4-6-14-7-5-10/h4-7,11-12H,2-3,8H2,1H3/t11-,12-/m1/s1. The molecule has 3 nitrogen and oxygen atoms in total. The first kappa shape index (κ1) is 11.0. The maximum absolute atomic E-state index is 11.8. The highest BCUT2D eigenvalue weighted by Gasteiger charge is 2.31. The Morgan fingerprint density at radius 3 is 2.56 bits per heavy atom. The molecule has 0 N–H and O–H groups in total. The Labute approximate surface area is 94.9 Å². The maximum Gasteiger partial charge on any atom is 0.143 e. The van der Waals surface area contributed by atoms with Gasteiger partial charge >= 0.3 is 0 Å². The molecule has 0 radical (unpaired) electrons. The van der Waals surface area contributed by atoms with Crippen LogP contribution in [0.2, 0.25) is 0 Å². The second-order valence-electron chi connectivity index (χ2n) is 4.39. The lowest BCUT2D eigenvalue weighted by Gasteiger charge is -2.26. The van der Waals surface area contributed by atoms with Crippen LogP contribution < -0.4 is 0 Å². The van der Waals surface area contributed by atoms with E-state index in [-0.39, 0.29) is 23.4 Å². The summed E-state index contributed by atoms with van der Waals surface area (Å²) >= 11 is 0. The van der Waals surface area contributed by atoms with Gasteiger partial charge in [-0.05, 0) is 43.4 Å².